The maximum absolute atomic E-state index is 13.9. The molecule has 0 aliphatic rings. The first-order valence-electron chi connectivity index (χ1n) is 7.26. The third kappa shape index (κ3) is 3.83. The number of amides is 1. The van der Waals surface area contributed by atoms with Gasteiger partial charge >= 0.3 is 6.09 Å². The molecule has 0 saturated heterocycles. The van der Waals surface area contributed by atoms with Gasteiger partial charge in [-0.2, -0.15) is 0 Å². The van der Waals surface area contributed by atoms with E-state index < -0.39 is 24.3 Å². The van der Waals surface area contributed by atoms with Crippen LogP contribution in [0.1, 0.15) is 18.1 Å². The standard InChI is InChI=1S/C18H17BrFNO4/c1-9(2)16-13(8-22)11(4-5-15(16)21-18(24)25-3)12-6-10(19)7-14(20)17(12)23/h4-7,22-23H,1,8H2,2-3H3,(H,21,24). The van der Waals surface area contributed by atoms with Crippen molar-refractivity contribution in [1.82, 2.24) is 0 Å². The normalized spacial score (nSPS) is 10.4. The summed E-state index contributed by atoms with van der Waals surface area (Å²) in [4.78, 5) is 11.5. The molecule has 0 aliphatic carbocycles. The van der Waals surface area contributed by atoms with Crippen molar-refractivity contribution in [3.63, 3.8) is 0 Å². The average Bonchev–Trinajstić information content (AvgIpc) is 2.57. The van der Waals surface area contributed by atoms with Crippen molar-refractivity contribution >= 4 is 33.3 Å². The lowest BCUT2D eigenvalue weighted by molar-refractivity contribution is 0.187. The fourth-order valence-electron chi connectivity index (χ4n) is 2.59. The Hall–Kier alpha value is -2.38. The second kappa shape index (κ2) is 7.67. The molecule has 3 N–H and O–H groups in total. The number of nitrogens with one attached hydrogen (secondary N) is 1. The molecule has 132 valence electrons. The third-order valence-corrected chi connectivity index (χ3v) is 4.10. The van der Waals surface area contributed by atoms with Crippen LogP contribution in [0, 0.1) is 5.82 Å². The number of methoxy groups -OCH3 is 1. The Balaban J connectivity index is 2.75. The summed E-state index contributed by atoms with van der Waals surface area (Å²) < 4.78 is 18.9. The van der Waals surface area contributed by atoms with Crippen LogP contribution >= 0.6 is 15.9 Å². The van der Waals surface area contributed by atoms with Gasteiger partial charge in [0.2, 0.25) is 0 Å². The summed E-state index contributed by atoms with van der Waals surface area (Å²) in [5.74, 6) is -1.32. The molecule has 0 spiro atoms. The number of aromatic hydroxyl groups is 1. The van der Waals surface area contributed by atoms with Crippen LogP contribution in [0.4, 0.5) is 14.9 Å². The highest BCUT2D eigenvalue weighted by molar-refractivity contribution is 9.10. The van der Waals surface area contributed by atoms with Gasteiger partial charge in [0.15, 0.2) is 11.6 Å². The van der Waals surface area contributed by atoms with E-state index >= 15 is 0 Å². The number of rotatable bonds is 4. The predicted octanol–water partition coefficient (Wildman–Crippen LogP) is 4.66. The summed E-state index contributed by atoms with van der Waals surface area (Å²) >= 11 is 3.19. The lowest BCUT2D eigenvalue weighted by atomic mass is 9.91. The van der Waals surface area contributed by atoms with Crippen molar-refractivity contribution < 1.29 is 24.1 Å². The first-order chi connectivity index (χ1) is 11.8. The van der Waals surface area contributed by atoms with Crippen molar-refractivity contribution in [3.05, 3.63) is 52.3 Å². The summed E-state index contributed by atoms with van der Waals surface area (Å²) in [6, 6.07) is 5.84. The predicted molar refractivity (Wildman–Crippen MR) is 97.9 cm³/mol. The topological polar surface area (TPSA) is 78.8 Å². The second-order valence-corrected chi connectivity index (χ2v) is 6.27. The number of carbonyl (C=O) groups is 1. The summed E-state index contributed by atoms with van der Waals surface area (Å²) in [5.41, 5.74) is 2.49. The quantitative estimate of drug-likeness (QED) is 0.685. The molecule has 1 amide bonds. The van der Waals surface area contributed by atoms with Gasteiger partial charge in [-0.3, -0.25) is 5.32 Å². The highest BCUT2D eigenvalue weighted by Gasteiger charge is 2.20. The van der Waals surface area contributed by atoms with Crippen molar-refractivity contribution in [1.29, 1.82) is 0 Å². The lowest BCUT2D eigenvalue weighted by Crippen LogP contribution is -2.13. The Labute approximate surface area is 152 Å². The van der Waals surface area contributed by atoms with Gasteiger partial charge in [0, 0.05) is 15.6 Å². The van der Waals surface area contributed by atoms with Gasteiger partial charge in [-0.1, -0.05) is 28.6 Å². The number of benzene rings is 2. The van der Waals surface area contributed by atoms with Crippen LogP contribution in [0.2, 0.25) is 0 Å². The number of hydrogen-bond donors (Lipinski definition) is 3. The van der Waals surface area contributed by atoms with E-state index in [-0.39, 0.29) is 5.56 Å². The van der Waals surface area contributed by atoms with E-state index in [1.165, 1.54) is 7.11 Å². The zero-order valence-electron chi connectivity index (χ0n) is 13.7. The van der Waals surface area contributed by atoms with E-state index in [9.17, 15) is 19.4 Å². The zero-order valence-corrected chi connectivity index (χ0v) is 15.3. The molecule has 0 aromatic heterocycles. The number of aliphatic hydroxyl groups is 1. The number of carbonyl (C=O) groups excluding carboxylic acids is 1. The SMILES string of the molecule is C=C(C)c1c(NC(=O)OC)ccc(-c2cc(Br)cc(F)c2O)c1CO. The minimum atomic E-state index is -0.790. The highest BCUT2D eigenvalue weighted by Crippen LogP contribution is 2.40. The van der Waals surface area contributed by atoms with Crippen LogP contribution in [-0.2, 0) is 11.3 Å². The van der Waals surface area contributed by atoms with Crippen LogP contribution in [0.5, 0.6) is 5.75 Å². The molecule has 0 atom stereocenters. The van der Waals surface area contributed by atoms with Gasteiger partial charge in [-0.15, -0.1) is 0 Å². The fourth-order valence-corrected chi connectivity index (χ4v) is 3.02. The van der Waals surface area contributed by atoms with Gasteiger partial charge in [0.1, 0.15) is 0 Å². The Morgan fingerprint density at radius 3 is 2.60 bits per heavy atom. The van der Waals surface area contributed by atoms with Gasteiger partial charge in [-0.25, -0.2) is 9.18 Å². The molecule has 0 fully saturated rings. The van der Waals surface area contributed by atoms with Crippen molar-refractivity contribution in [3.8, 4) is 16.9 Å². The Bertz CT molecular complexity index is 851. The maximum atomic E-state index is 13.9. The smallest absolute Gasteiger partial charge is 0.411 e. The molecular formula is C18H17BrFNO4. The highest BCUT2D eigenvalue weighted by atomic mass is 79.9. The zero-order chi connectivity index (χ0) is 18.7. The van der Waals surface area contributed by atoms with Crippen LogP contribution in [0.15, 0.2) is 35.3 Å². The van der Waals surface area contributed by atoms with Gasteiger partial charge < -0.3 is 14.9 Å². The number of aliphatic hydroxyl groups excluding tert-OH is 1. The molecule has 0 saturated carbocycles. The molecule has 2 aromatic rings. The molecule has 25 heavy (non-hydrogen) atoms. The number of halogens is 2. The molecular weight excluding hydrogens is 393 g/mol. The molecule has 0 bridgehead atoms. The van der Waals surface area contributed by atoms with Crippen LogP contribution in [0.25, 0.3) is 16.7 Å². The number of allylic oxidation sites excluding steroid dienone is 1. The van der Waals surface area contributed by atoms with Crippen LogP contribution < -0.4 is 5.32 Å². The van der Waals surface area contributed by atoms with Crippen LogP contribution in [0.3, 0.4) is 0 Å². The summed E-state index contributed by atoms with van der Waals surface area (Å²) in [6.45, 7) is 5.18. The van der Waals surface area contributed by atoms with Crippen molar-refractivity contribution in [2.75, 3.05) is 12.4 Å². The molecule has 7 heteroatoms. The first kappa shape index (κ1) is 19.0. The van der Waals surface area contributed by atoms with E-state index in [2.05, 4.69) is 32.6 Å². The Morgan fingerprint density at radius 2 is 2.04 bits per heavy atom. The summed E-state index contributed by atoms with van der Waals surface area (Å²) in [7, 11) is 1.24. The minimum Gasteiger partial charge on any atom is -0.504 e. The summed E-state index contributed by atoms with van der Waals surface area (Å²) in [5, 5.41) is 22.5. The molecule has 0 heterocycles. The number of hydrogen-bond acceptors (Lipinski definition) is 4. The molecule has 0 radical (unpaired) electrons. The van der Waals surface area contributed by atoms with Gasteiger partial charge in [0.05, 0.1) is 19.4 Å². The fraction of sp³-hybridized carbons (Fsp3) is 0.167. The molecule has 0 unspecified atom stereocenters. The number of phenolic OH excluding ortho intramolecular Hbond substituents is 1. The second-order valence-electron chi connectivity index (χ2n) is 5.35. The lowest BCUT2D eigenvalue weighted by Gasteiger charge is -2.19. The van der Waals surface area contributed by atoms with Gasteiger partial charge in [0.25, 0.3) is 0 Å². The first-order valence-corrected chi connectivity index (χ1v) is 8.05. The van der Waals surface area contributed by atoms with E-state index in [4.69, 9.17) is 0 Å². The third-order valence-electron chi connectivity index (χ3n) is 3.64. The Morgan fingerprint density at radius 1 is 1.36 bits per heavy atom. The van der Waals surface area contributed by atoms with E-state index in [0.717, 1.165) is 6.07 Å². The monoisotopic (exact) mass is 409 g/mol. The van der Waals surface area contributed by atoms with Crippen molar-refractivity contribution in [2.24, 2.45) is 0 Å². The largest absolute Gasteiger partial charge is 0.504 e. The number of phenols is 1. The van der Waals surface area contributed by atoms with Gasteiger partial charge in [-0.05, 0) is 41.8 Å². The maximum Gasteiger partial charge on any atom is 0.411 e. The average molecular weight is 410 g/mol. The van der Waals surface area contributed by atoms with Crippen molar-refractivity contribution in [2.45, 2.75) is 13.5 Å². The number of anilines is 1. The Kier molecular flexibility index (Phi) is 5.81. The minimum absolute atomic E-state index is 0.211. The molecule has 2 aromatic carbocycles. The van der Waals surface area contributed by atoms with E-state index in [0.29, 0.717) is 32.4 Å². The van der Waals surface area contributed by atoms with E-state index in [1.54, 1.807) is 25.1 Å². The molecule has 0 aliphatic heterocycles. The summed E-state index contributed by atoms with van der Waals surface area (Å²) in [6.07, 6.45) is -0.671. The number of ether oxygens (including phenoxy) is 1. The molecule has 2 rings (SSSR count). The van der Waals surface area contributed by atoms with E-state index in [1.807, 2.05) is 0 Å². The van der Waals surface area contributed by atoms with Crippen LogP contribution in [-0.4, -0.2) is 23.4 Å². The molecule has 5 nitrogen and oxygen atoms in total.